The molecular weight excluding hydrogens is 298 g/mol. The quantitative estimate of drug-likeness (QED) is 0.676. The summed E-state index contributed by atoms with van der Waals surface area (Å²) >= 11 is 0. The summed E-state index contributed by atoms with van der Waals surface area (Å²) in [6, 6.07) is 6.10. The van der Waals surface area contributed by atoms with Gasteiger partial charge in [-0.25, -0.2) is 0 Å². The highest BCUT2D eigenvalue weighted by Crippen LogP contribution is 2.29. The number of benzene rings is 1. The highest BCUT2D eigenvalue weighted by atomic mass is 16.6. The van der Waals surface area contributed by atoms with Crippen molar-refractivity contribution in [3.8, 4) is 0 Å². The van der Waals surface area contributed by atoms with Crippen LogP contribution in [-0.2, 0) is 4.79 Å². The molecule has 2 amide bonds. The Morgan fingerprint density at radius 3 is 2.39 bits per heavy atom. The summed E-state index contributed by atoms with van der Waals surface area (Å²) in [6.07, 6.45) is 3.32. The van der Waals surface area contributed by atoms with E-state index in [0.717, 1.165) is 12.8 Å². The van der Waals surface area contributed by atoms with Crippen molar-refractivity contribution in [3.05, 3.63) is 39.9 Å². The van der Waals surface area contributed by atoms with Gasteiger partial charge in [-0.3, -0.25) is 19.7 Å². The van der Waals surface area contributed by atoms with Gasteiger partial charge in [0.15, 0.2) is 0 Å². The third kappa shape index (κ3) is 3.49. The number of nitrogens with one attached hydrogen (secondary N) is 1. The molecule has 1 aromatic rings. The van der Waals surface area contributed by atoms with E-state index >= 15 is 0 Å². The second-order valence-electron chi connectivity index (χ2n) is 6.12. The molecule has 1 aromatic carbocycles. The van der Waals surface area contributed by atoms with E-state index in [2.05, 4.69) is 5.32 Å². The summed E-state index contributed by atoms with van der Waals surface area (Å²) in [5, 5.41) is 14.1. The number of para-hydroxylation sites is 1. The number of carbonyl (C=O) groups is 2. The van der Waals surface area contributed by atoms with Crippen molar-refractivity contribution in [1.82, 2.24) is 10.2 Å². The van der Waals surface area contributed by atoms with Gasteiger partial charge in [0.1, 0.15) is 5.56 Å². The maximum Gasteiger partial charge on any atom is 0.282 e. The molecule has 0 unspecified atom stereocenters. The highest BCUT2D eigenvalue weighted by Gasteiger charge is 2.33. The Bertz CT molecular complexity index is 634. The fourth-order valence-electron chi connectivity index (χ4n) is 2.88. The SMILES string of the molecule is O=C(NC1CCN(C(=O)c2ccccc2[N+](=O)[O-])CC1)C1CC1. The van der Waals surface area contributed by atoms with E-state index in [0.29, 0.717) is 25.9 Å². The largest absolute Gasteiger partial charge is 0.353 e. The standard InChI is InChI=1S/C16H19N3O4/c20-15(11-5-6-11)17-12-7-9-18(10-8-12)16(21)13-3-1-2-4-14(13)19(22)23/h1-4,11-12H,5-10H2,(H,17,20). The number of amides is 2. The molecule has 1 saturated carbocycles. The normalized spacial score (nSPS) is 18.5. The van der Waals surface area contributed by atoms with Crippen molar-refractivity contribution in [1.29, 1.82) is 0 Å². The van der Waals surface area contributed by atoms with Gasteiger partial charge in [-0.2, -0.15) is 0 Å². The Balaban J connectivity index is 1.60. The highest BCUT2D eigenvalue weighted by molar-refractivity contribution is 5.98. The van der Waals surface area contributed by atoms with E-state index in [-0.39, 0.29) is 35.0 Å². The first-order valence-electron chi connectivity index (χ1n) is 7.89. The van der Waals surface area contributed by atoms with Crippen molar-refractivity contribution in [2.45, 2.75) is 31.7 Å². The molecule has 1 heterocycles. The van der Waals surface area contributed by atoms with Crippen LogP contribution in [0.25, 0.3) is 0 Å². The van der Waals surface area contributed by atoms with Gasteiger partial charge in [0.2, 0.25) is 5.91 Å². The summed E-state index contributed by atoms with van der Waals surface area (Å²) in [6.45, 7) is 1.00. The summed E-state index contributed by atoms with van der Waals surface area (Å²) < 4.78 is 0. The van der Waals surface area contributed by atoms with Crippen LogP contribution in [0.3, 0.4) is 0 Å². The van der Waals surface area contributed by atoms with Crippen LogP contribution in [0.5, 0.6) is 0 Å². The van der Waals surface area contributed by atoms with Gasteiger partial charge in [0.05, 0.1) is 4.92 Å². The van der Waals surface area contributed by atoms with Crippen LogP contribution in [0.4, 0.5) is 5.69 Å². The lowest BCUT2D eigenvalue weighted by molar-refractivity contribution is -0.385. The number of hydrogen-bond donors (Lipinski definition) is 1. The molecule has 1 aliphatic heterocycles. The van der Waals surface area contributed by atoms with E-state index < -0.39 is 4.92 Å². The van der Waals surface area contributed by atoms with Crippen LogP contribution in [0, 0.1) is 16.0 Å². The zero-order chi connectivity index (χ0) is 16.4. The topological polar surface area (TPSA) is 92.6 Å². The number of nitro groups is 1. The maximum absolute atomic E-state index is 12.5. The van der Waals surface area contributed by atoms with Crippen LogP contribution in [-0.4, -0.2) is 40.8 Å². The number of carbonyl (C=O) groups excluding carboxylic acids is 2. The maximum atomic E-state index is 12.5. The second kappa shape index (κ2) is 6.36. The van der Waals surface area contributed by atoms with Crippen molar-refractivity contribution in [2.75, 3.05) is 13.1 Å². The molecule has 1 aliphatic carbocycles. The molecule has 7 nitrogen and oxygen atoms in total. The van der Waals surface area contributed by atoms with Gasteiger partial charge in [-0.1, -0.05) is 12.1 Å². The van der Waals surface area contributed by atoms with Crippen LogP contribution >= 0.6 is 0 Å². The van der Waals surface area contributed by atoms with E-state index in [1.54, 1.807) is 17.0 Å². The number of likely N-dealkylation sites (tertiary alicyclic amines) is 1. The average molecular weight is 317 g/mol. The number of hydrogen-bond acceptors (Lipinski definition) is 4. The molecule has 2 fully saturated rings. The average Bonchev–Trinajstić information content (AvgIpc) is 3.40. The molecule has 1 saturated heterocycles. The summed E-state index contributed by atoms with van der Waals surface area (Å²) in [4.78, 5) is 36.4. The van der Waals surface area contributed by atoms with Gasteiger partial charge in [-0.05, 0) is 31.7 Å². The van der Waals surface area contributed by atoms with Gasteiger partial charge in [0, 0.05) is 31.1 Å². The minimum absolute atomic E-state index is 0.0953. The number of nitro benzene ring substituents is 1. The molecule has 0 atom stereocenters. The summed E-state index contributed by atoms with van der Waals surface area (Å²) in [7, 11) is 0. The second-order valence-corrected chi connectivity index (χ2v) is 6.12. The van der Waals surface area contributed by atoms with Crippen molar-refractivity contribution in [2.24, 2.45) is 5.92 Å². The summed E-state index contributed by atoms with van der Waals surface area (Å²) in [5.74, 6) is -0.0145. The zero-order valence-corrected chi connectivity index (χ0v) is 12.7. The molecule has 7 heteroatoms. The lowest BCUT2D eigenvalue weighted by Crippen LogP contribution is -2.47. The van der Waals surface area contributed by atoms with E-state index in [9.17, 15) is 19.7 Å². The zero-order valence-electron chi connectivity index (χ0n) is 12.7. The lowest BCUT2D eigenvalue weighted by Gasteiger charge is -2.32. The van der Waals surface area contributed by atoms with Crippen LogP contribution < -0.4 is 5.32 Å². The van der Waals surface area contributed by atoms with E-state index in [4.69, 9.17) is 0 Å². The molecule has 0 bridgehead atoms. The monoisotopic (exact) mass is 317 g/mol. The first-order chi connectivity index (χ1) is 11.1. The van der Waals surface area contributed by atoms with Crippen LogP contribution in [0.1, 0.15) is 36.0 Å². The lowest BCUT2D eigenvalue weighted by atomic mass is 10.0. The molecule has 0 radical (unpaired) electrons. The molecule has 0 spiro atoms. The van der Waals surface area contributed by atoms with Gasteiger partial charge >= 0.3 is 0 Å². The summed E-state index contributed by atoms with van der Waals surface area (Å²) in [5.41, 5.74) is -0.0420. The molecule has 23 heavy (non-hydrogen) atoms. The van der Waals surface area contributed by atoms with Crippen LogP contribution in [0.2, 0.25) is 0 Å². The van der Waals surface area contributed by atoms with Crippen LogP contribution in [0.15, 0.2) is 24.3 Å². The van der Waals surface area contributed by atoms with Crippen molar-refractivity contribution in [3.63, 3.8) is 0 Å². The third-order valence-corrected chi connectivity index (χ3v) is 4.41. The predicted molar refractivity (Wildman–Crippen MR) is 82.9 cm³/mol. The number of rotatable bonds is 4. The number of piperidine rings is 1. The van der Waals surface area contributed by atoms with Crippen molar-refractivity contribution < 1.29 is 14.5 Å². The molecular formula is C16H19N3O4. The minimum atomic E-state index is -0.532. The van der Waals surface area contributed by atoms with E-state index in [1.165, 1.54) is 12.1 Å². The Morgan fingerprint density at radius 2 is 1.78 bits per heavy atom. The van der Waals surface area contributed by atoms with Gasteiger partial charge in [-0.15, -0.1) is 0 Å². The Kier molecular flexibility index (Phi) is 4.27. The Morgan fingerprint density at radius 1 is 1.13 bits per heavy atom. The number of nitrogens with zero attached hydrogens (tertiary/aromatic N) is 2. The third-order valence-electron chi connectivity index (χ3n) is 4.41. The fourth-order valence-corrected chi connectivity index (χ4v) is 2.88. The Labute approximate surface area is 133 Å². The van der Waals surface area contributed by atoms with Crippen molar-refractivity contribution >= 4 is 17.5 Å². The molecule has 1 N–H and O–H groups in total. The Hall–Kier alpha value is -2.44. The van der Waals surface area contributed by atoms with Gasteiger partial charge in [0.25, 0.3) is 11.6 Å². The molecule has 3 rings (SSSR count). The molecule has 122 valence electrons. The smallest absolute Gasteiger partial charge is 0.282 e. The van der Waals surface area contributed by atoms with Gasteiger partial charge < -0.3 is 10.2 Å². The first-order valence-corrected chi connectivity index (χ1v) is 7.89. The molecule has 2 aliphatic rings. The minimum Gasteiger partial charge on any atom is -0.353 e. The van der Waals surface area contributed by atoms with E-state index in [1.807, 2.05) is 0 Å². The fraction of sp³-hybridized carbons (Fsp3) is 0.500. The molecule has 0 aromatic heterocycles. The predicted octanol–water partition coefficient (Wildman–Crippen LogP) is 1.73. The first kappa shape index (κ1) is 15.5.